The Kier molecular flexibility index (Phi) is 25.8. The van der Waals surface area contributed by atoms with Crippen LogP contribution in [0.2, 0.25) is 0 Å². The lowest BCUT2D eigenvalue weighted by Crippen LogP contribution is -2.43. The van der Waals surface area contributed by atoms with Crippen molar-refractivity contribution < 1.29 is 19.2 Å². The topological polar surface area (TPSA) is 246 Å². The van der Waals surface area contributed by atoms with Gasteiger partial charge in [0.25, 0.3) is 0 Å². The fraction of sp³-hybridized carbons (Fsp3) is 0.250. The molecule has 0 atom stereocenters. The third-order valence-electron chi connectivity index (χ3n) is 21.1. The molecule has 3 aliphatic carbocycles. The minimum Gasteiger partial charge on any atom is -0.398 e. The van der Waals surface area contributed by atoms with Gasteiger partial charge < -0.3 is 63.8 Å². The zero-order valence-electron chi connectivity index (χ0n) is 62.1. The summed E-state index contributed by atoms with van der Waals surface area (Å²) in [5, 5.41) is 13.4. The number of nitrogens with two attached hydrogens (primary N) is 4. The van der Waals surface area contributed by atoms with E-state index in [4.69, 9.17) is 22.9 Å². The van der Waals surface area contributed by atoms with Crippen LogP contribution in [0.4, 0.5) is 45.5 Å². The highest BCUT2D eigenvalue weighted by Gasteiger charge is 2.21. The van der Waals surface area contributed by atoms with E-state index < -0.39 is 0 Å². The maximum atomic E-state index is 12.8. The molecule has 16 rings (SSSR count). The molecule has 0 saturated carbocycles. The van der Waals surface area contributed by atoms with Gasteiger partial charge in [-0.1, -0.05) is 78.9 Å². The van der Waals surface area contributed by atoms with Gasteiger partial charge >= 0.3 is 0 Å². The predicted octanol–water partition coefficient (Wildman–Crippen LogP) is 13.5. The minimum absolute atomic E-state index is 0.0745. The van der Waals surface area contributed by atoms with Crippen molar-refractivity contribution in [1.29, 1.82) is 0 Å². The van der Waals surface area contributed by atoms with Crippen LogP contribution in [0.25, 0.3) is 27.8 Å². The second kappa shape index (κ2) is 37.2. The number of aromatic nitrogens is 1. The lowest BCUT2D eigenvalue weighted by molar-refractivity contribution is 0.0985. The summed E-state index contributed by atoms with van der Waals surface area (Å²) in [5.74, 6) is 0.376. The van der Waals surface area contributed by atoms with E-state index in [1.807, 2.05) is 170 Å². The van der Waals surface area contributed by atoms with Crippen LogP contribution in [0.5, 0.6) is 0 Å². The molecule has 0 spiro atoms. The first-order valence-corrected chi connectivity index (χ1v) is 38.2. The standard InChI is InChI=1S/C23H24N4O.3C23H25N3O/c24-22-6-3-19(17-7-9-25-10-8-17)15-20(22)16-23(28)18-1-4-21(5-2-18)27-13-11-26-12-14-27;3*24-22-10-7-19(17-3-1-2-4-17)15-20(22)16-23(27)18-5-8-21(9-6-18)26-13-11-25-12-14-26/h1-10,15,26H,11-14,16,24H2;1,3-10,15,25H,2,11-14,16,24H2;2*1-3,5-10,15,25H,4,11-14,16,24H2. The largest absolute Gasteiger partial charge is 0.398 e. The van der Waals surface area contributed by atoms with Crippen LogP contribution in [0.3, 0.4) is 0 Å². The van der Waals surface area contributed by atoms with Crippen LogP contribution >= 0.6 is 0 Å². The van der Waals surface area contributed by atoms with Crippen molar-refractivity contribution in [3.05, 3.63) is 310 Å². The smallest absolute Gasteiger partial charge is 0.167 e. The van der Waals surface area contributed by atoms with Crippen molar-refractivity contribution in [3.8, 4) is 11.1 Å². The molecule has 0 amide bonds. The third kappa shape index (κ3) is 20.3. The summed E-state index contributed by atoms with van der Waals surface area (Å²) < 4.78 is 0. The van der Waals surface area contributed by atoms with Gasteiger partial charge in [0.1, 0.15) is 0 Å². The Hall–Kier alpha value is -11.7. The summed E-state index contributed by atoms with van der Waals surface area (Å²) in [6.45, 7) is 16.0. The number of piperazine rings is 4. The monoisotopic (exact) mass is 1450 g/mol. The number of nitrogens with zero attached hydrogens (tertiary/aromatic N) is 5. The average Bonchev–Trinajstić information content (AvgIpc) is 1.62. The van der Waals surface area contributed by atoms with Crippen LogP contribution in [-0.4, -0.2) is 133 Å². The minimum atomic E-state index is 0.0745. The Labute approximate surface area is 640 Å². The van der Waals surface area contributed by atoms with Gasteiger partial charge in [0.15, 0.2) is 23.1 Å². The number of allylic oxidation sites excluding steroid dienone is 12. The Morgan fingerprint density at radius 3 is 0.917 bits per heavy atom. The van der Waals surface area contributed by atoms with Gasteiger partial charge in [-0.3, -0.25) is 24.2 Å². The lowest BCUT2D eigenvalue weighted by atomic mass is 9.96. The number of carbonyl (C=O) groups excluding carboxylic acids is 4. The highest BCUT2D eigenvalue weighted by atomic mass is 16.1. The molecule has 17 nitrogen and oxygen atoms in total. The molecule has 109 heavy (non-hydrogen) atoms. The molecule has 0 bridgehead atoms. The van der Waals surface area contributed by atoms with Crippen molar-refractivity contribution in [2.75, 3.05) is 147 Å². The van der Waals surface area contributed by atoms with Crippen molar-refractivity contribution in [1.82, 2.24) is 26.3 Å². The number of benzene rings is 8. The number of Topliss-reactive ketones (excluding diaryl/α,β-unsaturated/α-hetero) is 4. The number of nitrogen functional groups attached to an aromatic ring is 4. The van der Waals surface area contributed by atoms with E-state index in [2.05, 4.69) is 113 Å². The van der Waals surface area contributed by atoms with E-state index in [0.29, 0.717) is 47.6 Å². The third-order valence-corrected chi connectivity index (χ3v) is 21.1. The highest BCUT2D eigenvalue weighted by molar-refractivity contribution is 6.01. The number of hydrogen-bond acceptors (Lipinski definition) is 17. The van der Waals surface area contributed by atoms with Gasteiger partial charge in [0.2, 0.25) is 0 Å². The summed E-state index contributed by atoms with van der Waals surface area (Å²) >= 11 is 0. The van der Waals surface area contributed by atoms with E-state index in [1.165, 1.54) is 33.8 Å². The van der Waals surface area contributed by atoms with E-state index in [-0.39, 0.29) is 29.6 Å². The van der Waals surface area contributed by atoms with Gasteiger partial charge in [-0.05, 0) is 244 Å². The molecular formula is C92H99N13O4. The van der Waals surface area contributed by atoms with Crippen LogP contribution in [-0.2, 0) is 25.7 Å². The van der Waals surface area contributed by atoms with E-state index in [1.54, 1.807) is 12.4 Å². The number of hydrogen-bond donors (Lipinski definition) is 8. The normalized spacial score (nSPS) is 15.8. The van der Waals surface area contributed by atoms with E-state index >= 15 is 0 Å². The molecule has 4 fully saturated rings. The van der Waals surface area contributed by atoms with Gasteiger partial charge in [-0.15, -0.1) is 0 Å². The van der Waals surface area contributed by atoms with Crippen LogP contribution in [0.1, 0.15) is 99.6 Å². The maximum Gasteiger partial charge on any atom is 0.167 e. The summed E-state index contributed by atoms with van der Waals surface area (Å²) in [4.78, 5) is 64.6. The molecule has 556 valence electrons. The molecule has 7 aliphatic rings. The number of anilines is 8. The molecule has 4 aliphatic heterocycles. The maximum absolute atomic E-state index is 12.8. The van der Waals surface area contributed by atoms with Gasteiger partial charge in [-0.2, -0.15) is 0 Å². The Morgan fingerprint density at radius 2 is 0.624 bits per heavy atom. The zero-order valence-corrected chi connectivity index (χ0v) is 62.1. The molecule has 5 heterocycles. The second-order valence-electron chi connectivity index (χ2n) is 28.4. The highest BCUT2D eigenvalue weighted by Crippen LogP contribution is 2.32. The Bertz CT molecular complexity index is 4690. The lowest BCUT2D eigenvalue weighted by Gasteiger charge is -2.29. The molecular weight excluding hydrogens is 1350 g/mol. The molecule has 8 aromatic carbocycles. The summed E-state index contributed by atoms with van der Waals surface area (Å²) in [6, 6.07) is 59.5. The SMILES string of the molecule is Nc1ccc(-c2ccncc2)cc1CC(=O)c1ccc(N2CCNCC2)cc1.Nc1ccc(C2=CC=CC2)cc1CC(=O)c1ccc(N2CCNCC2)cc1.Nc1ccc(C2=CC=CC2)cc1CC(=O)c1ccc(N2CCNCC2)cc1.Nc1ccc(C2=CCC=C2)cc1CC(=O)c1ccc(N2CCNCC2)cc1. The van der Waals surface area contributed by atoms with Crippen molar-refractivity contribution in [2.45, 2.75) is 44.9 Å². The summed E-state index contributed by atoms with van der Waals surface area (Å²) in [6.07, 6.45) is 26.7. The van der Waals surface area contributed by atoms with Gasteiger partial charge in [0, 0.05) is 211 Å². The number of ketones is 4. The fourth-order valence-corrected chi connectivity index (χ4v) is 14.6. The average molecular weight is 1450 g/mol. The van der Waals surface area contributed by atoms with Gasteiger partial charge in [0.05, 0.1) is 0 Å². The predicted molar refractivity (Wildman–Crippen MR) is 450 cm³/mol. The van der Waals surface area contributed by atoms with Crippen LogP contribution in [0, 0.1) is 0 Å². The summed E-state index contributed by atoms with van der Waals surface area (Å²) in [5.41, 5.74) is 47.6. The Balaban J connectivity index is 0.000000128. The second-order valence-corrected chi connectivity index (χ2v) is 28.4. The van der Waals surface area contributed by atoms with Crippen LogP contribution in [0.15, 0.2) is 249 Å². The number of rotatable bonds is 20. The van der Waals surface area contributed by atoms with Crippen molar-refractivity contribution in [3.63, 3.8) is 0 Å². The van der Waals surface area contributed by atoms with Gasteiger partial charge in [-0.25, -0.2) is 0 Å². The molecule has 0 unspecified atom stereocenters. The molecule has 9 aromatic rings. The molecule has 0 radical (unpaired) electrons. The fourth-order valence-electron chi connectivity index (χ4n) is 14.6. The van der Waals surface area contributed by atoms with Crippen LogP contribution < -0.4 is 63.8 Å². The van der Waals surface area contributed by atoms with Crippen molar-refractivity contribution in [2.24, 2.45) is 0 Å². The van der Waals surface area contributed by atoms with Crippen molar-refractivity contribution >= 4 is 85.4 Å². The number of carbonyl (C=O) groups is 4. The zero-order chi connectivity index (χ0) is 75.3. The number of nitrogens with one attached hydrogen (secondary N) is 4. The molecule has 1 aromatic heterocycles. The summed E-state index contributed by atoms with van der Waals surface area (Å²) in [7, 11) is 0. The Morgan fingerprint density at radius 1 is 0.330 bits per heavy atom. The first-order valence-electron chi connectivity index (χ1n) is 38.2. The van der Waals surface area contributed by atoms with E-state index in [9.17, 15) is 19.2 Å². The number of pyridine rings is 1. The quantitative estimate of drug-likeness (QED) is 0.0261. The molecule has 12 N–H and O–H groups in total. The molecule has 4 saturated heterocycles. The molecule has 17 heteroatoms. The first kappa shape index (κ1) is 75.5. The first-order chi connectivity index (χ1) is 53.3. The van der Waals surface area contributed by atoms with E-state index in [0.717, 1.165) is 196 Å².